The van der Waals surface area contributed by atoms with Crippen LogP contribution in [-0.2, 0) is 28.2 Å². The summed E-state index contributed by atoms with van der Waals surface area (Å²) in [7, 11) is -2.74. The Bertz CT molecular complexity index is 347. The van der Waals surface area contributed by atoms with E-state index in [0.717, 1.165) is 12.0 Å². The van der Waals surface area contributed by atoms with Crippen LogP contribution in [0.3, 0.4) is 0 Å². The van der Waals surface area contributed by atoms with Gasteiger partial charge in [0, 0.05) is 0 Å². The molecule has 84 valence electrons. The highest BCUT2D eigenvalue weighted by Crippen LogP contribution is 2.08. The largest absolute Gasteiger partial charge is 0.267 e. The Balaban J connectivity index is 2.48. The molecule has 0 radical (unpaired) electrons. The van der Waals surface area contributed by atoms with E-state index < -0.39 is 11.0 Å². The summed E-state index contributed by atoms with van der Waals surface area (Å²) in [5, 5.41) is 0. The summed E-state index contributed by atoms with van der Waals surface area (Å²) in [6.07, 6.45) is 3.44. The van der Waals surface area contributed by atoms with E-state index in [9.17, 15) is 8.42 Å². The standard InChI is InChI=1S/C11H16O3S/c1-2-3-4-10-5-7-11(8-6-10)9-14-15(12)13/h5-8,15H,2-4,9H2,1H3. The number of thiol groups is 1. The van der Waals surface area contributed by atoms with Crippen LogP contribution >= 0.6 is 0 Å². The van der Waals surface area contributed by atoms with Crippen LogP contribution in [0.1, 0.15) is 30.9 Å². The molecule has 0 amide bonds. The van der Waals surface area contributed by atoms with E-state index >= 15 is 0 Å². The average molecular weight is 228 g/mol. The van der Waals surface area contributed by atoms with Crippen molar-refractivity contribution in [3.8, 4) is 0 Å². The van der Waals surface area contributed by atoms with Crippen molar-refractivity contribution >= 4 is 11.0 Å². The molecule has 0 unspecified atom stereocenters. The van der Waals surface area contributed by atoms with Crippen LogP contribution in [0.25, 0.3) is 0 Å². The van der Waals surface area contributed by atoms with Crippen molar-refractivity contribution in [1.82, 2.24) is 0 Å². The van der Waals surface area contributed by atoms with E-state index in [2.05, 4.69) is 11.1 Å². The smallest absolute Gasteiger partial charge is 0.257 e. The summed E-state index contributed by atoms with van der Waals surface area (Å²) in [5.41, 5.74) is 2.17. The predicted octanol–water partition coefficient (Wildman–Crippen LogP) is 2.07. The van der Waals surface area contributed by atoms with E-state index in [1.807, 2.05) is 24.3 Å². The van der Waals surface area contributed by atoms with Crippen LogP contribution in [0.15, 0.2) is 24.3 Å². The molecule has 0 aromatic heterocycles. The highest BCUT2D eigenvalue weighted by molar-refractivity contribution is 7.67. The fraction of sp³-hybridized carbons (Fsp3) is 0.455. The minimum atomic E-state index is -2.74. The van der Waals surface area contributed by atoms with Crippen molar-refractivity contribution in [1.29, 1.82) is 0 Å². The van der Waals surface area contributed by atoms with Gasteiger partial charge in [-0.3, -0.25) is 4.18 Å². The van der Waals surface area contributed by atoms with Gasteiger partial charge < -0.3 is 0 Å². The highest BCUT2D eigenvalue weighted by Gasteiger charge is 1.95. The lowest BCUT2D eigenvalue weighted by Gasteiger charge is -2.02. The first-order chi connectivity index (χ1) is 7.22. The van der Waals surface area contributed by atoms with Crippen molar-refractivity contribution in [3.63, 3.8) is 0 Å². The summed E-state index contributed by atoms with van der Waals surface area (Å²) in [5.74, 6) is 0. The first-order valence-corrected chi connectivity index (χ1v) is 6.17. The fourth-order valence-electron chi connectivity index (χ4n) is 1.31. The van der Waals surface area contributed by atoms with Crippen molar-refractivity contribution in [2.75, 3.05) is 0 Å². The molecule has 0 saturated heterocycles. The monoisotopic (exact) mass is 228 g/mol. The third-order valence-corrected chi connectivity index (χ3v) is 2.52. The van der Waals surface area contributed by atoms with Crippen LogP contribution in [0, 0.1) is 0 Å². The van der Waals surface area contributed by atoms with Gasteiger partial charge in [-0.15, -0.1) is 0 Å². The average Bonchev–Trinajstić information content (AvgIpc) is 2.25. The van der Waals surface area contributed by atoms with Crippen LogP contribution in [0.5, 0.6) is 0 Å². The normalized spacial score (nSPS) is 10.8. The molecule has 0 bridgehead atoms. The van der Waals surface area contributed by atoms with Gasteiger partial charge in [0.05, 0.1) is 6.61 Å². The molecule has 15 heavy (non-hydrogen) atoms. The molecule has 0 aliphatic rings. The van der Waals surface area contributed by atoms with Crippen molar-refractivity contribution < 1.29 is 12.6 Å². The van der Waals surface area contributed by atoms with Gasteiger partial charge in [0.1, 0.15) is 0 Å². The lowest BCUT2D eigenvalue weighted by Crippen LogP contribution is -1.91. The maximum absolute atomic E-state index is 10.2. The van der Waals surface area contributed by atoms with Gasteiger partial charge in [-0.1, -0.05) is 37.6 Å². The van der Waals surface area contributed by atoms with E-state index in [-0.39, 0.29) is 6.61 Å². The SMILES string of the molecule is CCCCc1ccc(CO[SH](=O)=O)cc1. The minimum Gasteiger partial charge on any atom is -0.267 e. The molecule has 1 rings (SSSR count). The number of hydrogen-bond acceptors (Lipinski definition) is 3. The summed E-state index contributed by atoms with van der Waals surface area (Å²) < 4.78 is 24.9. The Hall–Kier alpha value is -0.870. The molecule has 0 aliphatic heterocycles. The van der Waals surface area contributed by atoms with Crippen LogP contribution < -0.4 is 0 Å². The Labute approximate surface area is 92.2 Å². The van der Waals surface area contributed by atoms with Crippen molar-refractivity contribution in [2.45, 2.75) is 32.8 Å². The summed E-state index contributed by atoms with van der Waals surface area (Å²) in [4.78, 5) is 0. The zero-order valence-corrected chi connectivity index (χ0v) is 9.70. The Kier molecular flexibility index (Phi) is 5.36. The number of unbranched alkanes of at least 4 members (excludes halogenated alkanes) is 1. The molecule has 1 aromatic rings. The van der Waals surface area contributed by atoms with Gasteiger partial charge >= 0.3 is 0 Å². The van der Waals surface area contributed by atoms with Gasteiger partial charge in [0.25, 0.3) is 11.0 Å². The van der Waals surface area contributed by atoms with E-state index in [1.54, 1.807) is 0 Å². The number of hydrogen-bond donors (Lipinski definition) is 1. The summed E-state index contributed by atoms with van der Waals surface area (Å²) in [6, 6.07) is 7.85. The van der Waals surface area contributed by atoms with Crippen LogP contribution in [0.2, 0.25) is 0 Å². The molecule has 4 heteroatoms. The van der Waals surface area contributed by atoms with Gasteiger partial charge in [-0.2, -0.15) is 0 Å². The summed E-state index contributed by atoms with van der Waals surface area (Å²) >= 11 is 0. The predicted molar refractivity (Wildman–Crippen MR) is 60.2 cm³/mol. The molecule has 0 atom stereocenters. The van der Waals surface area contributed by atoms with Gasteiger partial charge in [-0.05, 0) is 24.0 Å². The van der Waals surface area contributed by atoms with E-state index in [4.69, 9.17) is 0 Å². The zero-order chi connectivity index (χ0) is 11.1. The minimum absolute atomic E-state index is 0.132. The molecular formula is C11H16O3S. The van der Waals surface area contributed by atoms with Gasteiger partial charge in [0.15, 0.2) is 0 Å². The zero-order valence-electron chi connectivity index (χ0n) is 8.81. The fourth-order valence-corrected chi connectivity index (χ4v) is 1.56. The highest BCUT2D eigenvalue weighted by atomic mass is 32.2. The molecule has 0 heterocycles. The van der Waals surface area contributed by atoms with Gasteiger partial charge in [-0.25, -0.2) is 8.42 Å². The maximum Gasteiger partial charge on any atom is 0.257 e. The van der Waals surface area contributed by atoms with Crippen LogP contribution in [0.4, 0.5) is 0 Å². The quantitative estimate of drug-likeness (QED) is 0.758. The Morgan fingerprint density at radius 2 is 1.73 bits per heavy atom. The molecular weight excluding hydrogens is 212 g/mol. The third-order valence-electron chi connectivity index (χ3n) is 2.18. The first-order valence-electron chi connectivity index (χ1n) is 5.07. The van der Waals surface area contributed by atoms with Gasteiger partial charge in [0.2, 0.25) is 0 Å². The summed E-state index contributed by atoms with van der Waals surface area (Å²) in [6.45, 7) is 2.29. The molecule has 0 fully saturated rings. The lowest BCUT2D eigenvalue weighted by atomic mass is 10.1. The Morgan fingerprint density at radius 1 is 1.13 bits per heavy atom. The molecule has 3 nitrogen and oxygen atoms in total. The second-order valence-electron chi connectivity index (χ2n) is 3.42. The first kappa shape index (κ1) is 12.2. The molecule has 0 spiro atoms. The lowest BCUT2D eigenvalue weighted by molar-refractivity contribution is 0.323. The maximum atomic E-state index is 10.2. The third kappa shape index (κ3) is 4.95. The second kappa shape index (κ2) is 6.58. The molecule has 0 saturated carbocycles. The number of rotatable bonds is 6. The van der Waals surface area contributed by atoms with E-state index in [1.165, 1.54) is 18.4 Å². The number of benzene rings is 1. The van der Waals surface area contributed by atoms with E-state index in [0.29, 0.717) is 0 Å². The van der Waals surface area contributed by atoms with Crippen molar-refractivity contribution in [2.24, 2.45) is 0 Å². The topological polar surface area (TPSA) is 43.4 Å². The molecule has 0 N–H and O–H groups in total. The second-order valence-corrected chi connectivity index (χ2v) is 4.12. The Morgan fingerprint density at radius 3 is 2.27 bits per heavy atom. The van der Waals surface area contributed by atoms with Crippen LogP contribution in [-0.4, -0.2) is 8.42 Å². The van der Waals surface area contributed by atoms with Crippen molar-refractivity contribution in [3.05, 3.63) is 35.4 Å². The molecule has 1 aromatic carbocycles. The molecule has 0 aliphatic carbocycles. The number of aryl methyl sites for hydroxylation is 1.